The monoisotopic (exact) mass is 285 g/mol. The van der Waals surface area contributed by atoms with Gasteiger partial charge in [0, 0.05) is 31.1 Å². The van der Waals surface area contributed by atoms with Crippen molar-refractivity contribution < 1.29 is 4.74 Å². The maximum atomic E-state index is 6.02. The van der Waals surface area contributed by atoms with Gasteiger partial charge in [0.1, 0.15) is 5.75 Å². The van der Waals surface area contributed by atoms with Gasteiger partial charge >= 0.3 is 0 Å². The molecule has 2 aliphatic heterocycles. The van der Waals surface area contributed by atoms with Crippen molar-refractivity contribution in [3.63, 3.8) is 0 Å². The Morgan fingerprint density at radius 2 is 2.33 bits per heavy atom. The van der Waals surface area contributed by atoms with E-state index in [4.69, 9.17) is 10.5 Å². The van der Waals surface area contributed by atoms with E-state index in [0.717, 1.165) is 62.0 Å². The molecule has 6 heteroatoms. The molecule has 3 N–H and O–H groups in total. The lowest BCUT2D eigenvalue weighted by atomic mass is 10.1. The Labute approximate surface area is 123 Å². The van der Waals surface area contributed by atoms with Gasteiger partial charge in [-0.05, 0) is 36.6 Å². The summed E-state index contributed by atoms with van der Waals surface area (Å²) in [7, 11) is 0. The highest BCUT2D eigenvalue weighted by atomic mass is 16.5. The Kier molecular flexibility index (Phi) is 3.03. The highest BCUT2D eigenvalue weighted by Gasteiger charge is 2.21. The normalized spacial score (nSPS) is 21.2. The SMILES string of the molecule is NC1CCCN(c2n[nH]c(-c3ccc4c(c3)CCO4)n2)C1. The largest absolute Gasteiger partial charge is 0.493 e. The number of nitrogens with one attached hydrogen (secondary N) is 1. The van der Waals surface area contributed by atoms with E-state index in [1.54, 1.807) is 0 Å². The van der Waals surface area contributed by atoms with E-state index < -0.39 is 0 Å². The lowest BCUT2D eigenvalue weighted by molar-refractivity contribution is 0.357. The molecule has 0 aliphatic carbocycles. The number of piperidine rings is 1. The first-order valence-electron chi connectivity index (χ1n) is 7.48. The fourth-order valence-electron chi connectivity index (χ4n) is 3.05. The van der Waals surface area contributed by atoms with E-state index in [-0.39, 0.29) is 6.04 Å². The van der Waals surface area contributed by atoms with Gasteiger partial charge in [-0.3, -0.25) is 5.10 Å². The number of hydrogen-bond acceptors (Lipinski definition) is 5. The lowest BCUT2D eigenvalue weighted by Crippen LogP contribution is -2.43. The first-order valence-corrected chi connectivity index (χ1v) is 7.48. The van der Waals surface area contributed by atoms with Crippen molar-refractivity contribution >= 4 is 5.95 Å². The van der Waals surface area contributed by atoms with Crippen LogP contribution in [0.2, 0.25) is 0 Å². The van der Waals surface area contributed by atoms with Gasteiger partial charge in [-0.15, -0.1) is 5.10 Å². The summed E-state index contributed by atoms with van der Waals surface area (Å²) < 4.78 is 5.53. The molecule has 1 saturated heterocycles. The molecular formula is C15H19N5O. The molecule has 4 rings (SSSR count). The molecular weight excluding hydrogens is 266 g/mol. The number of fused-ring (bicyclic) bond motifs is 1. The van der Waals surface area contributed by atoms with Crippen LogP contribution in [0.25, 0.3) is 11.4 Å². The quantitative estimate of drug-likeness (QED) is 0.870. The predicted octanol–water partition coefficient (Wildman–Crippen LogP) is 1.33. The maximum absolute atomic E-state index is 6.02. The topological polar surface area (TPSA) is 80.1 Å². The van der Waals surface area contributed by atoms with E-state index >= 15 is 0 Å². The fourth-order valence-corrected chi connectivity index (χ4v) is 3.05. The van der Waals surface area contributed by atoms with E-state index in [9.17, 15) is 0 Å². The van der Waals surface area contributed by atoms with Crippen molar-refractivity contribution in [3.8, 4) is 17.1 Å². The Morgan fingerprint density at radius 3 is 3.24 bits per heavy atom. The van der Waals surface area contributed by atoms with Crippen molar-refractivity contribution in [2.75, 3.05) is 24.6 Å². The molecule has 0 amide bonds. The van der Waals surface area contributed by atoms with Gasteiger partial charge in [-0.2, -0.15) is 4.98 Å². The molecule has 0 saturated carbocycles. The molecule has 21 heavy (non-hydrogen) atoms. The third-order valence-corrected chi connectivity index (χ3v) is 4.18. The number of ether oxygens (including phenoxy) is 1. The number of nitrogens with zero attached hydrogens (tertiary/aromatic N) is 3. The second-order valence-corrected chi connectivity index (χ2v) is 5.75. The Morgan fingerprint density at radius 1 is 1.38 bits per heavy atom. The van der Waals surface area contributed by atoms with E-state index in [1.807, 2.05) is 12.1 Å². The standard InChI is InChI=1S/C15H19N5O/c16-12-2-1-6-20(9-12)15-17-14(18-19-15)11-3-4-13-10(8-11)5-7-21-13/h3-4,8,12H,1-2,5-7,9,16H2,(H,17,18,19). The summed E-state index contributed by atoms with van der Waals surface area (Å²) in [4.78, 5) is 6.78. The van der Waals surface area contributed by atoms with E-state index in [1.165, 1.54) is 5.56 Å². The number of rotatable bonds is 2. The highest BCUT2D eigenvalue weighted by Crippen LogP contribution is 2.29. The van der Waals surface area contributed by atoms with E-state index in [0.29, 0.717) is 0 Å². The summed E-state index contributed by atoms with van der Waals surface area (Å²) in [5, 5.41) is 7.39. The van der Waals surface area contributed by atoms with Crippen molar-refractivity contribution in [1.82, 2.24) is 15.2 Å². The molecule has 2 aliphatic rings. The number of nitrogens with two attached hydrogens (primary N) is 1. The Balaban J connectivity index is 1.59. The van der Waals surface area contributed by atoms with Crippen molar-refractivity contribution in [1.29, 1.82) is 0 Å². The summed E-state index contributed by atoms with van der Waals surface area (Å²) in [6.45, 7) is 2.57. The maximum Gasteiger partial charge on any atom is 0.245 e. The fraction of sp³-hybridized carbons (Fsp3) is 0.467. The van der Waals surface area contributed by atoms with Crippen molar-refractivity contribution in [3.05, 3.63) is 23.8 Å². The number of aromatic amines is 1. The molecule has 0 spiro atoms. The number of aromatic nitrogens is 3. The smallest absolute Gasteiger partial charge is 0.245 e. The molecule has 1 unspecified atom stereocenters. The Bertz CT molecular complexity index is 653. The van der Waals surface area contributed by atoms with Crippen LogP contribution in [0.1, 0.15) is 18.4 Å². The third kappa shape index (κ3) is 2.35. The van der Waals surface area contributed by atoms with Gasteiger partial charge in [-0.25, -0.2) is 0 Å². The van der Waals surface area contributed by atoms with Crippen LogP contribution in [0.4, 0.5) is 5.95 Å². The summed E-state index contributed by atoms with van der Waals surface area (Å²) in [6, 6.07) is 6.39. The molecule has 0 radical (unpaired) electrons. The minimum absolute atomic E-state index is 0.220. The zero-order chi connectivity index (χ0) is 14.2. The summed E-state index contributed by atoms with van der Waals surface area (Å²) in [5.41, 5.74) is 8.32. The Hall–Kier alpha value is -2.08. The molecule has 0 bridgehead atoms. The van der Waals surface area contributed by atoms with Crippen LogP contribution < -0.4 is 15.4 Å². The van der Waals surface area contributed by atoms with Crippen LogP contribution >= 0.6 is 0 Å². The molecule has 6 nitrogen and oxygen atoms in total. The lowest BCUT2D eigenvalue weighted by Gasteiger charge is -2.29. The van der Waals surface area contributed by atoms with Crippen LogP contribution in [0.3, 0.4) is 0 Å². The second kappa shape index (κ2) is 5.04. The van der Waals surface area contributed by atoms with E-state index in [2.05, 4.69) is 26.1 Å². The first kappa shape index (κ1) is 12.6. The van der Waals surface area contributed by atoms with Crippen LogP contribution in [0.15, 0.2) is 18.2 Å². The van der Waals surface area contributed by atoms with Crippen molar-refractivity contribution in [2.45, 2.75) is 25.3 Å². The van der Waals surface area contributed by atoms with Crippen LogP contribution in [-0.2, 0) is 6.42 Å². The minimum atomic E-state index is 0.220. The number of benzene rings is 1. The van der Waals surface area contributed by atoms with Gasteiger partial charge in [-0.1, -0.05) is 0 Å². The molecule has 1 aromatic carbocycles. The second-order valence-electron chi connectivity index (χ2n) is 5.75. The summed E-state index contributed by atoms with van der Waals surface area (Å²) in [6.07, 6.45) is 3.14. The van der Waals surface area contributed by atoms with Gasteiger partial charge in [0.2, 0.25) is 5.95 Å². The van der Waals surface area contributed by atoms with Crippen LogP contribution in [-0.4, -0.2) is 40.9 Å². The van der Waals surface area contributed by atoms with Gasteiger partial charge in [0.15, 0.2) is 5.82 Å². The van der Waals surface area contributed by atoms with Gasteiger partial charge in [0.05, 0.1) is 6.61 Å². The number of hydrogen-bond donors (Lipinski definition) is 2. The average Bonchev–Trinajstić information content (AvgIpc) is 3.15. The van der Waals surface area contributed by atoms with Gasteiger partial charge < -0.3 is 15.4 Å². The predicted molar refractivity (Wildman–Crippen MR) is 80.4 cm³/mol. The van der Waals surface area contributed by atoms with Crippen LogP contribution in [0, 0.1) is 0 Å². The molecule has 1 atom stereocenters. The molecule has 2 aromatic rings. The minimum Gasteiger partial charge on any atom is -0.493 e. The van der Waals surface area contributed by atoms with Crippen molar-refractivity contribution in [2.24, 2.45) is 5.73 Å². The summed E-state index contributed by atoms with van der Waals surface area (Å²) >= 11 is 0. The third-order valence-electron chi connectivity index (χ3n) is 4.18. The average molecular weight is 285 g/mol. The highest BCUT2D eigenvalue weighted by molar-refractivity contribution is 5.60. The van der Waals surface area contributed by atoms with Gasteiger partial charge in [0.25, 0.3) is 0 Å². The summed E-state index contributed by atoms with van der Waals surface area (Å²) in [5.74, 6) is 2.54. The molecule has 1 aromatic heterocycles. The molecule has 3 heterocycles. The zero-order valence-electron chi connectivity index (χ0n) is 11.9. The zero-order valence-corrected chi connectivity index (χ0v) is 11.9. The number of anilines is 1. The molecule has 110 valence electrons. The van der Waals surface area contributed by atoms with Crippen LogP contribution in [0.5, 0.6) is 5.75 Å². The molecule has 1 fully saturated rings. The first-order chi connectivity index (χ1) is 10.3. The number of H-pyrrole nitrogens is 1.